The van der Waals surface area contributed by atoms with Crippen molar-refractivity contribution in [3.63, 3.8) is 0 Å². The number of hydrogen-bond donors (Lipinski definition) is 1. The summed E-state index contributed by atoms with van der Waals surface area (Å²) in [7, 11) is 0. The maximum Gasteiger partial charge on any atom is 0.416 e. The number of nitrogens with zero attached hydrogens (tertiary/aromatic N) is 2. The number of hydrogen-bond acceptors (Lipinski definition) is 3. The molecule has 1 aromatic carbocycles. The maximum absolute atomic E-state index is 12.5. The minimum absolute atomic E-state index is 0.0147. The SMILES string of the molecule is NC(=O)c1ccc(=O)n(CCCc2ccc(C(F)(F)F)cc2)n1. The molecule has 23 heavy (non-hydrogen) atoms. The Balaban J connectivity index is 1.99. The Bertz CT molecular complexity index is 752. The summed E-state index contributed by atoms with van der Waals surface area (Å²) in [6, 6.07) is 7.29. The van der Waals surface area contributed by atoms with Crippen molar-refractivity contribution in [1.82, 2.24) is 9.78 Å². The van der Waals surface area contributed by atoms with E-state index in [-0.39, 0.29) is 17.8 Å². The van der Waals surface area contributed by atoms with E-state index in [4.69, 9.17) is 5.73 Å². The van der Waals surface area contributed by atoms with Crippen LogP contribution in [0.1, 0.15) is 28.0 Å². The van der Waals surface area contributed by atoms with Crippen LogP contribution in [0.2, 0.25) is 0 Å². The van der Waals surface area contributed by atoms with Crippen molar-refractivity contribution < 1.29 is 18.0 Å². The average Bonchev–Trinajstić information content (AvgIpc) is 2.48. The smallest absolute Gasteiger partial charge is 0.364 e. The lowest BCUT2D eigenvalue weighted by Gasteiger charge is -2.08. The van der Waals surface area contributed by atoms with Crippen molar-refractivity contribution >= 4 is 5.91 Å². The van der Waals surface area contributed by atoms with Gasteiger partial charge in [0.25, 0.3) is 11.5 Å². The topological polar surface area (TPSA) is 78.0 Å². The van der Waals surface area contributed by atoms with Crippen molar-refractivity contribution in [1.29, 1.82) is 0 Å². The molecule has 0 aliphatic rings. The van der Waals surface area contributed by atoms with E-state index in [1.54, 1.807) is 0 Å². The second-order valence-electron chi connectivity index (χ2n) is 4.94. The summed E-state index contributed by atoms with van der Waals surface area (Å²) < 4.78 is 38.5. The van der Waals surface area contributed by atoms with Gasteiger partial charge in [0.1, 0.15) is 5.69 Å². The monoisotopic (exact) mass is 325 g/mol. The summed E-state index contributed by atoms with van der Waals surface area (Å²) in [5, 5.41) is 3.83. The van der Waals surface area contributed by atoms with Gasteiger partial charge in [-0.15, -0.1) is 0 Å². The average molecular weight is 325 g/mol. The van der Waals surface area contributed by atoms with Gasteiger partial charge in [-0.1, -0.05) is 12.1 Å². The first-order valence-electron chi connectivity index (χ1n) is 6.81. The van der Waals surface area contributed by atoms with Gasteiger partial charge in [-0.05, 0) is 36.6 Å². The van der Waals surface area contributed by atoms with Gasteiger partial charge in [0.15, 0.2) is 0 Å². The molecule has 8 heteroatoms. The van der Waals surface area contributed by atoms with Crippen LogP contribution >= 0.6 is 0 Å². The van der Waals surface area contributed by atoms with Crippen LogP contribution in [-0.4, -0.2) is 15.7 Å². The van der Waals surface area contributed by atoms with Crippen LogP contribution < -0.4 is 11.3 Å². The molecule has 0 atom stereocenters. The Morgan fingerprint density at radius 1 is 1.13 bits per heavy atom. The summed E-state index contributed by atoms with van der Waals surface area (Å²) in [4.78, 5) is 22.6. The molecule has 0 fully saturated rings. The molecule has 122 valence electrons. The quantitative estimate of drug-likeness (QED) is 0.913. The predicted octanol–water partition coefficient (Wildman–Crippen LogP) is 1.99. The molecule has 0 aliphatic heterocycles. The number of primary amides is 1. The third-order valence-electron chi connectivity index (χ3n) is 3.24. The normalized spacial score (nSPS) is 11.4. The van der Waals surface area contributed by atoms with E-state index in [2.05, 4.69) is 5.10 Å². The molecule has 0 radical (unpaired) electrons. The molecule has 2 aromatic rings. The highest BCUT2D eigenvalue weighted by Gasteiger charge is 2.29. The van der Waals surface area contributed by atoms with Gasteiger partial charge in [0.2, 0.25) is 0 Å². The molecular weight excluding hydrogens is 311 g/mol. The molecular formula is C15H14F3N3O2. The summed E-state index contributed by atoms with van der Waals surface area (Å²) >= 11 is 0. The first kappa shape index (κ1) is 16.7. The van der Waals surface area contributed by atoms with Gasteiger partial charge in [0, 0.05) is 12.6 Å². The van der Waals surface area contributed by atoms with E-state index >= 15 is 0 Å². The van der Waals surface area contributed by atoms with Crippen molar-refractivity contribution in [2.45, 2.75) is 25.6 Å². The Hall–Kier alpha value is -2.64. The highest BCUT2D eigenvalue weighted by molar-refractivity contribution is 5.90. The molecule has 0 unspecified atom stereocenters. The fourth-order valence-electron chi connectivity index (χ4n) is 2.03. The molecule has 1 aromatic heterocycles. The van der Waals surface area contributed by atoms with E-state index in [0.29, 0.717) is 12.8 Å². The number of alkyl halides is 3. The van der Waals surface area contributed by atoms with E-state index in [1.165, 1.54) is 24.3 Å². The second kappa shape index (κ2) is 6.64. The van der Waals surface area contributed by atoms with E-state index < -0.39 is 17.6 Å². The number of carbonyl (C=O) groups is 1. The van der Waals surface area contributed by atoms with Crippen LogP contribution in [0.15, 0.2) is 41.2 Å². The lowest BCUT2D eigenvalue weighted by atomic mass is 10.1. The molecule has 0 aliphatic carbocycles. The largest absolute Gasteiger partial charge is 0.416 e. The molecule has 2 N–H and O–H groups in total. The zero-order valence-electron chi connectivity index (χ0n) is 12.0. The first-order chi connectivity index (χ1) is 10.8. The Kier molecular flexibility index (Phi) is 4.83. The van der Waals surface area contributed by atoms with Crippen LogP contribution in [0.4, 0.5) is 13.2 Å². The standard InChI is InChI=1S/C15H14F3N3O2/c16-15(17,18)11-5-3-10(4-6-11)2-1-9-21-13(22)8-7-12(20-21)14(19)23/h3-8H,1-2,9H2,(H2,19,23). The van der Waals surface area contributed by atoms with Crippen LogP contribution in [0, 0.1) is 0 Å². The molecule has 1 amide bonds. The van der Waals surface area contributed by atoms with Crippen LogP contribution in [0.3, 0.4) is 0 Å². The van der Waals surface area contributed by atoms with Crippen molar-refractivity contribution in [2.75, 3.05) is 0 Å². The lowest BCUT2D eigenvalue weighted by Crippen LogP contribution is -2.26. The second-order valence-corrected chi connectivity index (χ2v) is 4.94. The van der Waals surface area contributed by atoms with E-state index in [0.717, 1.165) is 22.4 Å². The van der Waals surface area contributed by atoms with Crippen LogP contribution in [-0.2, 0) is 19.1 Å². The number of rotatable bonds is 5. The third kappa shape index (κ3) is 4.41. The molecule has 0 saturated heterocycles. The number of carbonyl (C=O) groups excluding carboxylic acids is 1. The molecule has 0 bridgehead atoms. The van der Waals surface area contributed by atoms with Crippen molar-refractivity contribution in [3.05, 3.63) is 63.6 Å². The number of amides is 1. The van der Waals surface area contributed by atoms with Crippen molar-refractivity contribution in [3.8, 4) is 0 Å². The number of nitrogens with two attached hydrogens (primary N) is 1. The lowest BCUT2D eigenvalue weighted by molar-refractivity contribution is -0.137. The van der Waals surface area contributed by atoms with Crippen LogP contribution in [0.25, 0.3) is 0 Å². The van der Waals surface area contributed by atoms with Crippen LogP contribution in [0.5, 0.6) is 0 Å². The number of halogens is 3. The molecule has 2 rings (SSSR count). The molecule has 1 heterocycles. The fourth-order valence-corrected chi connectivity index (χ4v) is 2.03. The summed E-state index contributed by atoms with van der Waals surface area (Å²) in [5.74, 6) is -0.735. The van der Waals surface area contributed by atoms with Gasteiger partial charge in [-0.3, -0.25) is 9.59 Å². The first-order valence-corrected chi connectivity index (χ1v) is 6.81. The summed E-state index contributed by atoms with van der Waals surface area (Å²) in [6.45, 7) is 0.237. The fraction of sp³-hybridized carbons (Fsp3) is 0.267. The Morgan fingerprint density at radius 2 is 1.78 bits per heavy atom. The summed E-state index contributed by atoms with van der Waals surface area (Å²) in [5.41, 5.74) is 4.72. The highest BCUT2D eigenvalue weighted by Crippen LogP contribution is 2.29. The molecule has 0 spiro atoms. The highest BCUT2D eigenvalue weighted by atomic mass is 19.4. The van der Waals surface area contributed by atoms with Gasteiger partial charge in [-0.2, -0.15) is 18.3 Å². The third-order valence-corrected chi connectivity index (χ3v) is 3.24. The number of aryl methyl sites for hydroxylation is 2. The van der Waals surface area contributed by atoms with E-state index in [1.807, 2.05) is 0 Å². The molecule has 5 nitrogen and oxygen atoms in total. The Labute approximate surface area is 129 Å². The van der Waals surface area contributed by atoms with Gasteiger partial charge < -0.3 is 5.73 Å². The molecule has 0 saturated carbocycles. The number of aromatic nitrogens is 2. The van der Waals surface area contributed by atoms with E-state index in [9.17, 15) is 22.8 Å². The zero-order chi connectivity index (χ0) is 17.0. The minimum atomic E-state index is -4.36. The van der Waals surface area contributed by atoms with Crippen molar-refractivity contribution in [2.24, 2.45) is 5.73 Å². The maximum atomic E-state index is 12.5. The van der Waals surface area contributed by atoms with Gasteiger partial charge >= 0.3 is 6.18 Å². The number of benzene rings is 1. The predicted molar refractivity (Wildman–Crippen MR) is 76.8 cm³/mol. The zero-order valence-corrected chi connectivity index (χ0v) is 12.0. The van der Waals surface area contributed by atoms with Gasteiger partial charge in [-0.25, -0.2) is 4.68 Å². The Morgan fingerprint density at radius 3 is 2.35 bits per heavy atom. The van der Waals surface area contributed by atoms with Gasteiger partial charge in [0.05, 0.1) is 5.56 Å². The minimum Gasteiger partial charge on any atom is -0.364 e. The summed E-state index contributed by atoms with van der Waals surface area (Å²) in [6.07, 6.45) is -3.39.